The van der Waals surface area contributed by atoms with Crippen LogP contribution >= 0.6 is 0 Å². The Hall–Kier alpha value is -3.15. The highest BCUT2D eigenvalue weighted by atomic mass is 16.6. The van der Waals surface area contributed by atoms with E-state index in [4.69, 9.17) is 4.74 Å². The van der Waals surface area contributed by atoms with Crippen molar-refractivity contribution in [2.24, 2.45) is 5.92 Å². The van der Waals surface area contributed by atoms with Gasteiger partial charge in [-0.2, -0.15) is 5.26 Å². The van der Waals surface area contributed by atoms with Crippen molar-refractivity contribution in [2.75, 3.05) is 18.0 Å². The molecular formula is C21H28N4O5. The lowest BCUT2D eigenvalue weighted by Gasteiger charge is -2.29. The molecule has 0 unspecified atom stereocenters. The Labute approximate surface area is 176 Å². The Morgan fingerprint density at radius 3 is 2.43 bits per heavy atom. The second-order valence-electron chi connectivity index (χ2n) is 8.01. The Balaban J connectivity index is 2.14. The monoisotopic (exact) mass is 416 g/mol. The first-order valence-corrected chi connectivity index (χ1v) is 10.1. The molecule has 2 atom stereocenters. The van der Waals surface area contributed by atoms with Crippen LogP contribution < -0.4 is 10.2 Å². The van der Waals surface area contributed by atoms with Gasteiger partial charge in [0.1, 0.15) is 11.2 Å². The van der Waals surface area contributed by atoms with E-state index in [2.05, 4.69) is 11.4 Å². The zero-order chi connectivity index (χ0) is 22.5. The van der Waals surface area contributed by atoms with Gasteiger partial charge in [0.2, 0.25) is 0 Å². The number of ether oxygens (including phenoxy) is 1. The second-order valence-corrected chi connectivity index (χ2v) is 8.01. The number of amides is 1. The van der Waals surface area contributed by atoms with Gasteiger partial charge in [-0.1, -0.05) is 13.8 Å². The van der Waals surface area contributed by atoms with E-state index in [0.29, 0.717) is 5.69 Å². The molecule has 30 heavy (non-hydrogen) atoms. The zero-order valence-electron chi connectivity index (χ0n) is 17.8. The number of esters is 1. The van der Waals surface area contributed by atoms with Crippen molar-refractivity contribution in [3.05, 3.63) is 33.9 Å². The van der Waals surface area contributed by atoms with Gasteiger partial charge in [0.15, 0.2) is 6.10 Å². The highest BCUT2D eigenvalue weighted by Gasteiger charge is 2.33. The minimum atomic E-state index is -1.16. The van der Waals surface area contributed by atoms with Gasteiger partial charge < -0.3 is 15.0 Å². The number of hydrogen-bond donors (Lipinski definition) is 1. The molecule has 1 heterocycles. The summed E-state index contributed by atoms with van der Waals surface area (Å²) in [4.78, 5) is 37.8. The number of nitrogens with one attached hydrogen (secondary N) is 1. The summed E-state index contributed by atoms with van der Waals surface area (Å²) in [5.41, 5.74) is -0.801. The molecule has 1 aromatic carbocycles. The standard InChI is InChI=1S/C21H28N4O5/c1-14(2)21(4,13-22)23-19(26)15(3)30-20(27)16-8-9-17(18(12-16)25(28)29)24-10-6-5-7-11-24/h8-9,12,14-15H,5-7,10-11H2,1-4H3,(H,23,26)/t15-,21-/m1/s1. The second kappa shape index (κ2) is 9.57. The highest BCUT2D eigenvalue weighted by Crippen LogP contribution is 2.31. The first-order valence-electron chi connectivity index (χ1n) is 10.1. The number of carbonyl (C=O) groups is 2. The molecule has 0 bridgehead atoms. The summed E-state index contributed by atoms with van der Waals surface area (Å²) in [6, 6.07) is 6.26. The Bertz CT molecular complexity index is 857. The number of carbonyl (C=O) groups excluding carboxylic acids is 2. The molecule has 1 aromatic rings. The zero-order valence-corrected chi connectivity index (χ0v) is 17.8. The van der Waals surface area contributed by atoms with Crippen LogP contribution in [0.15, 0.2) is 18.2 Å². The first-order chi connectivity index (χ1) is 14.1. The maximum atomic E-state index is 12.5. The summed E-state index contributed by atoms with van der Waals surface area (Å²) in [6.07, 6.45) is 1.86. The average Bonchev–Trinajstić information content (AvgIpc) is 2.73. The minimum absolute atomic E-state index is 0.00554. The molecule has 0 aromatic heterocycles. The SMILES string of the molecule is CC(C)[C@@](C)(C#N)NC(=O)[C@@H](C)OC(=O)c1ccc(N2CCCCC2)c([N+](=O)[O-])c1. The van der Waals surface area contributed by atoms with E-state index in [1.54, 1.807) is 26.8 Å². The van der Waals surface area contributed by atoms with E-state index in [0.717, 1.165) is 32.4 Å². The van der Waals surface area contributed by atoms with Crippen LogP contribution in [-0.2, 0) is 9.53 Å². The lowest BCUT2D eigenvalue weighted by atomic mass is 9.90. The maximum Gasteiger partial charge on any atom is 0.339 e. The van der Waals surface area contributed by atoms with Gasteiger partial charge in [-0.15, -0.1) is 0 Å². The van der Waals surface area contributed by atoms with Crippen LogP contribution in [0.1, 0.15) is 57.3 Å². The molecule has 9 nitrogen and oxygen atoms in total. The van der Waals surface area contributed by atoms with Gasteiger partial charge in [-0.3, -0.25) is 14.9 Å². The van der Waals surface area contributed by atoms with Crippen molar-refractivity contribution >= 4 is 23.3 Å². The fraction of sp³-hybridized carbons (Fsp3) is 0.571. The predicted octanol–water partition coefficient (Wildman–Crippen LogP) is 3.18. The summed E-state index contributed by atoms with van der Waals surface area (Å²) in [5, 5.41) is 23.5. The lowest BCUT2D eigenvalue weighted by molar-refractivity contribution is -0.384. The third kappa shape index (κ3) is 5.26. The number of nitriles is 1. The van der Waals surface area contributed by atoms with Gasteiger partial charge in [-0.05, 0) is 51.2 Å². The Morgan fingerprint density at radius 2 is 1.90 bits per heavy atom. The van der Waals surface area contributed by atoms with Crippen LogP contribution in [0.2, 0.25) is 0 Å². The normalized spacial score (nSPS) is 16.9. The number of rotatable bonds is 7. The van der Waals surface area contributed by atoms with E-state index in [-0.39, 0.29) is 17.2 Å². The number of benzene rings is 1. The predicted molar refractivity (Wildman–Crippen MR) is 111 cm³/mol. The molecule has 1 aliphatic rings. The van der Waals surface area contributed by atoms with Crippen LogP contribution in [0, 0.1) is 27.4 Å². The number of hydrogen-bond acceptors (Lipinski definition) is 7. The molecule has 1 aliphatic heterocycles. The number of nitrogens with zero attached hydrogens (tertiary/aromatic N) is 3. The fourth-order valence-electron chi connectivity index (χ4n) is 3.14. The third-order valence-electron chi connectivity index (χ3n) is 5.53. The summed E-state index contributed by atoms with van der Waals surface area (Å²) in [7, 11) is 0. The molecule has 0 radical (unpaired) electrons. The van der Waals surface area contributed by atoms with E-state index >= 15 is 0 Å². The maximum absolute atomic E-state index is 12.5. The van der Waals surface area contributed by atoms with Crippen LogP contribution in [0.5, 0.6) is 0 Å². The van der Waals surface area contributed by atoms with Crippen molar-refractivity contribution in [1.82, 2.24) is 5.32 Å². The van der Waals surface area contributed by atoms with Crippen LogP contribution in [0.3, 0.4) is 0 Å². The van der Waals surface area contributed by atoms with Crippen LogP contribution in [-0.4, -0.2) is 41.5 Å². The quantitative estimate of drug-likeness (QED) is 0.411. The first kappa shape index (κ1) is 23.1. The summed E-state index contributed by atoms with van der Waals surface area (Å²) >= 11 is 0. The Morgan fingerprint density at radius 1 is 1.27 bits per heavy atom. The number of nitro groups is 1. The van der Waals surface area contributed by atoms with Crippen LogP contribution in [0.4, 0.5) is 11.4 Å². The van der Waals surface area contributed by atoms with Gasteiger partial charge in [0.05, 0.1) is 16.6 Å². The van der Waals surface area contributed by atoms with Crippen molar-refractivity contribution in [3.63, 3.8) is 0 Å². The fourth-order valence-corrected chi connectivity index (χ4v) is 3.14. The molecule has 0 aliphatic carbocycles. The number of anilines is 1. The van der Waals surface area contributed by atoms with E-state index < -0.39 is 28.4 Å². The van der Waals surface area contributed by atoms with Crippen LogP contribution in [0.25, 0.3) is 0 Å². The minimum Gasteiger partial charge on any atom is -0.449 e. The molecule has 1 saturated heterocycles. The molecule has 9 heteroatoms. The number of piperidine rings is 1. The van der Waals surface area contributed by atoms with Gasteiger partial charge in [-0.25, -0.2) is 4.79 Å². The molecular weight excluding hydrogens is 388 g/mol. The van der Waals surface area contributed by atoms with Gasteiger partial charge >= 0.3 is 5.97 Å². The molecule has 1 fully saturated rings. The van der Waals surface area contributed by atoms with Crippen molar-refractivity contribution < 1.29 is 19.2 Å². The van der Waals surface area contributed by atoms with E-state index in [1.165, 1.54) is 19.1 Å². The summed E-state index contributed by atoms with van der Waals surface area (Å²) < 4.78 is 5.19. The van der Waals surface area contributed by atoms with Crippen molar-refractivity contribution in [1.29, 1.82) is 5.26 Å². The van der Waals surface area contributed by atoms with Gasteiger partial charge in [0.25, 0.3) is 11.6 Å². The largest absolute Gasteiger partial charge is 0.449 e. The molecule has 1 N–H and O–H groups in total. The van der Waals surface area contributed by atoms with E-state index in [9.17, 15) is 25.0 Å². The molecule has 0 saturated carbocycles. The lowest BCUT2D eigenvalue weighted by Crippen LogP contribution is -2.52. The topological polar surface area (TPSA) is 126 Å². The number of nitro benzene ring substituents is 1. The summed E-state index contributed by atoms with van der Waals surface area (Å²) in [5.74, 6) is -1.60. The molecule has 162 valence electrons. The summed E-state index contributed by atoms with van der Waals surface area (Å²) in [6.45, 7) is 8.03. The third-order valence-corrected chi connectivity index (χ3v) is 5.53. The van der Waals surface area contributed by atoms with Gasteiger partial charge in [0, 0.05) is 19.2 Å². The Kier molecular flexibility index (Phi) is 7.38. The molecule has 2 rings (SSSR count). The van der Waals surface area contributed by atoms with E-state index in [1.807, 2.05) is 4.90 Å². The average molecular weight is 416 g/mol. The smallest absolute Gasteiger partial charge is 0.339 e. The molecule has 1 amide bonds. The van der Waals surface area contributed by atoms with Crippen molar-refractivity contribution in [3.8, 4) is 6.07 Å². The molecule has 0 spiro atoms. The van der Waals surface area contributed by atoms with Crippen molar-refractivity contribution in [2.45, 2.75) is 58.6 Å². The highest BCUT2D eigenvalue weighted by molar-refractivity contribution is 5.94.